The molecule has 0 amide bonds. The Morgan fingerprint density at radius 1 is 1.27 bits per heavy atom. The van der Waals surface area contributed by atoms with E-state index in [1.54, 1.807) is 12.4 Å². The molecule has 5 nitrogen and oxygen atoms in total. The molecule has 84 valence electrons. The van der Waals surface area contributed by atoms with Gasteiger partial charge in [-0.25, -0.2) is 9.97 Å². The Balaban J connectivity index is 0.00000112. The van der Waals surface area contributed by atoms with Crippen LogP contribution in [-0.2, 0) is 11.3 Å². The van der Waals surface area contributed by atoms with Crippen LogP contribution in [0.1, 0.15) is 13.0 Å². The van der Waals surface area contributed by atoms with Gasteiger partial charge in [0.05, 0.1) is 19.8 Å². The summed E-state index contributed by atoms with van der Waals surface area (Å²) in [5.74, 6) is 0.713. The normalized spacial score (nSPS) is 15.9. The van der Waals surface area contributed by atoms with Gasteiger partial charge in [-0.1, -0.05) is 7.43 Å². The number of morpholine rings is 1. The average molecular weight is 211 g/mol. The van der Waals surface area contributed by atoms with Crippen molar-refractivity contribution >= 4 is 5.95 Å². The van der Waals surface area contributed by atoms with E-state index in [0.29, 0.717) is 5.95 Å². The number of nitrogens with zero attached hydrogens (tertiary/aromatic N) is 3. The van der Waals surface area contributed by atoms with Gasteiger partial charge in [-0.3, -0.25) is 0 Å². The van der Waals surface area contributed by atoms with E-state index in [0.717, 1.165) is 31.9 Å². The van der Waals surface area contributed by atoms with Crippen molar-refractivity contribution in [1.82, 2.24) is 9.97 Å². The van der Waals surface area contributed by atoms with Crippen LogP contribution in [0.15, 0.2) is 12.4 Å². The molecular formula is C10H17N3O2. The molecule has 2 rings (SSSR count). The van der Waals surface area contributed by atoms with Gasteiger partial charge in [-0.2, -0.15) is 0 Å². The fraction of sp³-hybridized carbons (Fsp3) is 0.600. The Kier molecular flexibility index (Phi) is 4.45. The van der Waals surface area contributed by atoms with Gasteiger partial charge >= 0.3 is 0 Å². The molecule has 0 aromatic carbocycles. The van der Waals surface area contributed by atoms with Crippen LogP contribution in [0.2, 0.25) is 0 Å². The molecule has 2 heterocycles. The number of aliphatic hydroxyl groups is 1. The summed E-state index contributed by atoms with van der Waals surface area (Å²) in [6.07, 6.45) is 3.30. The molecule has 1 aliphatic rings. The number of aromatic nitrogens is 2. The third-order valence-corrected chi connectivity index (χ3v) is 2.17. The van der Waals surface area contributed by atoms with E-state index in [1.165, 1.54) is 0 Å². The lowest BCUT2D eigenvalue weighted by atomic mass is 10.4. The zero-order valence-electron chi connectivity index (χ0n) is 7.89. The second-order valence-electron chi connectivity index (χ2n) is 3.15. The Hall–Kier alpha value is -1.20. The van der Waals surface area contributed by atoms with E-state index < -0.39 is 0 Å². The van der Waals surface area contributed by atoms with Gasteiger partial charge in [0, 0.05) is 31.0 Å². The molecule has 0 unspecified atom stereocenters. The van der Waals surface area contributed by atoms with E-state index >= 15 is 0 Å². The monoisotopic (exact) mass is 211 g/mol. The molecule has 1 aliphatic heterocycles. The van der Waals surface area contributed by atoms with Crippen LogP contribution in [0.5, 0.6) is 0 Å². The molecule has 0 radical (unpaired) electrons. The molecule has 0 bridgehead atoms. The Morgan fingerprint density at radius 2 is 1.87 bits per heavy atom. The van der Waals surface area contributed by atoms with Crippen LogP contribution in [-0.4, -0.2) is 41.4 Å². The molecule has 0 aliphatic carbocycles. The lowest BCUT2D eigenvalue weighted by Crippen LogP contribution is -2.37. The highest BCUT2D eigenvalue weighted by atomic mass is 16.5. The second kappa shape index (κ2) is 5.63. The SMILES string of the molecule is C.OCc1cnc(N2CCOCC2)nc1. The minimum atomic E-state index is -0.0105. The van der Waals surface area contributed by atoms with Crippen molar-refractivity contribution in [3.63, 3.8) is 0 Å². The van der Waals surface area contributed by atoms with Crippen molar-refractivity contribution in [2.75, 3.05) is 31.2 Å². The standard InChI is InChI=1S/C9H13N3O2.CH4/c13-7-8-5-10-9(11-6-8)12-1-3-14-4-2-12;/h5-6,13H,1-4,7H2;1H4. The van der Waals surface area contributed by atoms with Gasteiger partial charge < -0.3 is 14.7 Å². The molecule has 1 aromatic rings. The van der Waals surface area contributed by atoms with Gasteiger partial charge in [0.25, 0.3) is 0 Å². The van der Waals surface area contributed by atoms with Crippen molar-refractivity contribution in [3.8, 4) is 0 Å². The summed E-state index contributed by atoms with van der Waals surface area (Å²) < 4.78 is 5.23. The number of ether oxygens (including phenoxy) is 1. The van der Waals surface area contributed by atoms with Gasteiger partial charge in [0.1, 0.15) is 0 Å². The van der Waals surface area contributed by atoms with Crippen molar-refractivity contribution in [2.45, 2.75) is 14.0 Å². The summed E-state index contributed by atoms with van der Waals surface area (Å²) in [5, 5.41) is 8.83. The zero-order valence-corrected chi connectivity index (χ0v) is 7.89. The summed E-state index contributed by atoms with van der Waals surface area (Å²) in [6.45, 7) is 3.11. The van der Waals surface area contributed by atoms with E-state index in [2.05, 4.69) is 14.9 Å². The van der Waals surface area contributed by atoms with E-state index in [1.807, 2.05) is 0 Å². The van der Waals surface area contributed by atoms with Crippen LogP contribution in [0.25, 0.3) is 0 Å². The average Bonchev–Trinajstić information content (AvgIpc) is 2.30. The maximum Gasteiger partial charge on any atom is 0.225 e. The summed E-state index contributed by atoms with van der Waals surface area (Å²) >= 11 is 0. The quantitative estimate of drug-likeness (QED) is 0.769. The predicted molar refractivity (Wildman–Crippen MR) is 57.7 cm³/mol. The molecule has 1 aromatic heterocycles. The van der Waals surface area contributed by atoms with E-state index in [-0.39, 0.29) is 14.0 Å². The van der Waals surface area contributed by atoms with E-state index in [4.69, 9.17) is 9.84 Å². The minimum Gasteiger partial charge on any atom is -0.392 e. The Labute approximate surface area is 89.7 Å². The summed E-state index contributed by atoms with van der Waals surface area (Å²) in [7, 11) is 0. The largest absolute Gasteiger partial charge is 0.392 e. The first kappa shape index (κ1) is 11.9. The van der Waals surface area contributed by atoms with Crippen molar-refractivity contribution in [3.05, 3.63) is 18.0 Å². The third-order valence-electron chi connectivity index (χ3n) is 2.17. The maximum atomic E-state index is 8.83. The van der Waals surface area contributed by atoms with Crippen LogP contribution in [0.4, 0.5) is 5.95 Å². The molecule has 5 heteroatoms. The second-order valence-corrected chi connectivity index (χ2v) is 3.15. The molecule has 0 saturated carbocycles. The molecular weight excluding hydrogens is 194 g/mol. The summed E-state index contributed by atoms with van der Waals surface area (Å²) in [5.41, 5.74) is 0.738. The molecule has 1 N–H and O–H groups in total. The van der Waals surface area contributed by atoms with Gasteiger partial charge in [0.2, 0.25) is 5.95 Å². The lowest BCUT2D eigenvalue weighted by molar-refractivity contribution is 0.122. The third kappa shape index (κ3) is 2.87. The molecule has 15 heavy (non-hydrogen) atoms. The lowest BCUT2D eigenvalue weighted by Gasteiger charge is -2.26. The first-order chi connectivity index (χ1) is 6.90. The maximum absolute atomic E-state index is 8.83. The number of rotatable bonds is 2. The topological polar surface area (TPSA) is 58.5 Å². The first-order valence-electron chi connectivity index (χ1n) is 4.64. The smallest absolute Gasteiger partial charge is 0.225 e. The summed E-state index contributed by atoms with van der Waals surface area (Å²) in [4.78, 5) is 10.4. The summed E-state index contributed by atoms with van der Waals surface area (Å²) in [6, 6.07) is 0. The van der Waals surface area contributed by atoms with Gasteiger partial charge in [0.15, 0.2) is 0 Å². The zero-order chi connectivity index (χ0) is 9.80. The molecule has 1 fully saturated rings. The highest BCUT2D eigenvalue weighted by molar-refractivity contribution is 5.30. The van der Waals surface area contributed by atoms with Crippen LogP contribution in [0, 0.1) is 0 Å². The molecule has 0 atom stereocenters. The predicted octanol–water partition coefficient (Wildman–Crippen LogP) is 0.442. The van der Waals surface area contributed by atoms with Crippen molar-refractivity contribution in [1.29, 1.82) is 0 Å². The highest BCUT2D eigenvalue weighted by Crippen LogP contribution is 2.08. The minimum absolute atomic E-state index is 0. The fourth-order valence-electron chi connectivity index (χ4n) is 1.36. The Morgan fingerprint density at radius 3 is 2.40 bits per heavy atom. The van der Waals surface area contributed by atoms with E-state index in [9.17, 15) is 0 Å². The number of aliphatic hydroxyl groups excluding tert-OH is 1. The molecule has 0 spiro atoms. The molecule has 1 saturated heterocycles. The first-order valence-corrected chi connectivity index (χ1v) is 4.64. The fourth-order valence-corrected chi connectivity index (χ4v) is 1.36. The highest BCUT2D eigenvalue weighted by Gasteiger charge is 2.12. The van der Waals surface area contributed by atoms with Crippen molar-refractivity contribution in [2.24, 2.45) is 0 Å². The van der Waals surface area contributed by atoms with Gasteiger partial charge in [-0.15, -0.1) is 0 Å². The van der Waals surface area contributed by atoms with Crippen LogP contribution >= 0.6 is 0 Å². The number of hydrogen-bond acceptors (Lipinski definition) is 5. The Bertz CT molecular complexity index is 283. The number of anilines is 1. The van der Waals surface area contributed by atoms with Gasteiger partial charge in [-0.05, 0) is 0 Å². The number of hydrogen-bond donors (Lipinski definition) is 1. The van der Waals surface area contributed by atoms with Crippen LogP contribution in [0.3, 0.4) is 0 Å². The van der Waals surface area contributed by atoms with Crippen molar-refractivity contribution < 1.29 is 9.84 Å². The van der Waals surface area contributed by atoms with Crippen LogP contribution < -0.4 is 4.90 Å².